The highest BCUT2D eigenvalue weighted by atomic mass is 16.5. The zero-order valence-electron chi connectivity index (χ0n) is 11.6. The molecule has 2 unspecified atom stereocenters. The van der Waals surface area contributed by atoms with Crippen LogP contribution in [-0.2, 0) is 9.53 Å². The largest absolute Gasteiger partial charge is 0.469 e. The Labute approximate surface area is 112 Å². The van der Waals surface area contributed by atoms with Crippen molar-refractivity contribution in [2.45, 2.75) is 26.3 Å². The van der Waals surface area contributed by atoms with Crippen molar-refractivity contribution in [2.24, 2.45) is 11.7 Å². The van der Waals surface area contributed by atoms with Crippen LogP contribution in [0.2, 0.25) is 0 Å². The van der Waals surface area contributed by atoms with Crippen LogP contribution >= 0.6 is 0 Å². The number of rotatable bonds is 4. The number of esters is 1. The van der Waals surface area contributed by atoms with Crippen LogP contribution in [0.25, 0.3) is 10.9 Å². The Bertz CT molecular complexity index is 589. The normalized spacial score (nSPS) is 14.3. The quantitative estimate of drug-likeness (QED) is 0.830. The molecular weight excluding hydrogens is 240 g/mol. The maximum absolute atomic E-state index is 11.8. The molecule has 0 saturated carbocycles. The van der Waals surface area contributed by atoms with Crippen LogP contribution < -0.4 is 5.73 Å². The highest BCUT2D eigenvalue weighted by Gasteiger charge is 2.28. The van der Waals surface area contributed by atoms with Gasteiger partial charge in [-0.3, -0.25) is 4.79 Å². The first kappa shape index (κ1) is 13.6. The molecule has 1 aromatic carbocycles. The molecule has 19 heavy (non-hydrogen) atoms. The summed E-state index contributed by atoms with van der Waals surface area (Å²) in [7, 11) is 1.40. The molecule has 0 spiro atoms. The fraction of sp³-hybridized carbons (Fsp3) is 0.400. The summed E-state index contributed by atoms with van der Waals surface area (Å²) < 4.78 is 4.85. The second-order valence-corrected chi connectivity index (χ2v) is 4.77. The predicted octanol–water partition coefficient (Wildman–Crippen LogP) is 2.68. The standard InChI is InChI=1S/C15H20N2O2/c1-4-10(15(18)19-3)14(16)13-9(2)17-12-8-6-5-7-11(12)13/h5-8,10,14,17H,4,16H2,1-3H3. The minimum atomic E-state index is -0.353. The fourth-order valence-corrected chi connectivity index (χ4v) is 2.65. The van der Waals surface area contributed by atoms with Gasteiger partial charge in [-0.2, -0.15) is 0 Å². The van der Waals surface area contributed by atoms with E-state index in [-0.39, 0.29) is 17.9 Å². The van der Waals surface area contributed by atoms with Gasteiger partial charge in [-0.05, 0) is 25.0 Å². The van der Waals surface area contributed by atoms with E-state index in [1.165, 1.54) is 7.11 Å². The predicted molar refractivity (Wildman–Crippen MR) is 75.8 cm³/mol. The number of H-pyrrole nitrogens is 1. The van der Waals surface area contributed by atoms with E-state index < -0.39 is 0 Å². The highest BCUT2D eigenvalue weighted by Crippen LogP contribution is 2.32. The lowest BCUT2D eigenvalue weighted by atomic mass is 9.90. The molecule has 0 bridgehead atoms. The molecule has 0 aliphatic carbocycles. The summed E-state index contributed by atoms with van der Waals surface area (Å²) >= 11 is 0. The van der Waals surface area contributed by atoms with Crippen molar-refractivity contribution in [2.75, 3.05) is 7.11 Å². The number of benzene rings is 1. The molecular formula is C15H20N2O2. The number of ether oxygens (including phenoxy) is 1. The van der Waals surface area contributed by atoms with Gasteiger partial charge < -0.3 is 15.5 Å². The molecule has 1 aromatic heterocycles. The molecule has 3 N–H and O–H groups in total. The Morgan fingerprint density at radius 1 is 1.42 bits per heavy atom. The van der Waals surface area contributed by atoms with Gasteiger partial charge in [-0.25, -0.2) is 0 Å². The second-order valence-electron chi connectivity index (χ2n) is 4.77. The Kier molecular flexibility index (Phi) is 3.90. The number of hydrogen-bond donors (Lipinski definition) is 2. The third-order valence-electron chi connectivity index (χ3n) is 3.65. The number of para-hydroxylation sites is 1. The van der Waals surface area contributed by atoms with E-state index in [9.17, 15) is 4.79 Å². The van der Waals surface area contributed by atoms with E-state index in [4.69, 9.17) is 10.5 Å². The summed E-state index contributed by atoms with van der Waals surface area (Å²) in [6.45, 7) is 3.94. The molecule has 4 heteroatoms. The van der Waals surface area contributed by atoms with Gasteiger partial charge in [0.1, 0.15) is 0 Å². The molecule has 1 heterocycles. The van der Waals surface area contributed by atoms with Gasteiger partial charge in [0.05, 0.1) is 13.0 Å². The lowest BCUT2D eigenvalue weighted by Gasteiger charge is -2.21. The zero-order chi connectivity index (χ0) is 14.0. The Morgan fingerprint density at radius 2 is 2.11 bits per heavy atom. The van der Waals surface area contributed by atoms with Crippen LogP contribution in [0.3, 0.4) is 0 Å². The molecule has 4 nitrogen and oxygen atoms in total. The Hall–Kier alpha value is -1.81. The number of aromatic nitrogens is 1. The average molecular weight is 260 g/mol. The van der Waals surface area contributed by atoms with Gasteiger partial charge in [0, 0.05) is 22.6 Å². The van der Waals surface area contributed by atoms with Gasteiger partial charge in [-0.1, -0.05) is 25.1 Å². The smallest absolute Gasteiger partial charge is 0.310 e. The summed E-state index contributed by atoms with van der Waals surface area (Å²) in [6, 6.07) is 7.64. The summed E-state index contributed by atoms with van der Waals surface area (Å²) in [5.74, 6) is -0.567. The van der Waals surface area contributed by atoms with Crippen molar-refractivity contribution < 1.29 is 9.53 Å². The molecule has 0 aliphatic rings. The number of fused-ring (bicyclic) bond motifs is 1. The lowest BCUT2D eigenvalue weighted by Crippen LogP contribution is -2.29. The average Bonchev–Trinajstić information content (AvgIpc) is 2.74. The Morgan fingerprint density at radius 3 is 2.74 bits per heavy atom. The minimum Gasteiger partial charge on any atom is -0.469 e. The van der Waals surface area contributed by atoms with Crippen LogP contribution in [0, 0.1) is 12.8 Å². The maximum atomic E-state index is 11.8. The monoisotopic (exact) mass is 260 g/mol. The molecule has 0 fully saturated rings. The van der Waals surface area contributed by atoms with E-state index in [1.807, 2.05) is 38.1 Å². The van der Waals surface area contributed by atoms with Crippen molar-refractivity contribution in [1.82, 2.24) is 4.98 Å². The van der Waals surface area contributed by atoms with E-state index >= 15 is 0 Å². The van der Waals surface area contributed by atoms with Crippen LogP contribution in [0.5, 0.6) is 0 Å². The summed E-state index contributed by atoms with van der Waals surface area (Å²) in [4.78, 5) is 15.1. The lowest BCUT2D eigenvalue weighted by molar-refractivity contribution is -0.146. The number of aryl methyl sites for hydroxylation is 1. The van der Waals surface area contributed by atoms with Crippen LogP contribution in [0.4, 0.5) is 0 Å². The van der Waals surface area contributed by atoms with E-state index in [0.29, 0.717) is 6.42 Å². The zero-order valence-corrected chi connectivity index (χ0v) is 11.6. The van der Waals surface area contributed by atoms with Crippen molar-refractivity contribution >= 4 is 16.9 Å². The maximum Gasteiger partial charge on any atom is 0.310 e. The van der Waals surface area contributed by atoms with Crippen LogP contribution in [0.15, 0.2) is 24.3 Å². The van der Waals surface area contributed by atoms with Gasteiger partial charge in [-0.15, -0.1) is 0 Å². The number of hydrogen-bond acceptors (Lipinski definition) is 3. The topological polar surface area (TPSA) is 68.1 Å². The number of nitrogens with two attached hydrogens (primary N) is 1. The SMILES string of the molecule is CCC(C(=O)OC)C(N)c1c(C)[nH]c2ccccc12. The van der Waals surface area contributed by atoms with Gasteiger partial charge in [0.2, 0.25) is 0 Å². The highest BCUT2D eigenvalue weighted by molar-refractivity contribution is 5.86. The number of aromatic amines is 1. The molecule has 102 valence electrons. The molecule has 2 aromatic rings. The number of nitrogens with one attached hydrogen (secondary N) is 1. The van der Waals surface area contributed by atoms with Gasteiger partial charge in [0.25, 0.3) is 0 Å². The van der Waals surface area contributed by atoms with E-state index in [0.717, 1.165) is 22.2 Å². The molecule has 0 saturated heterocycles. The van der Waals surface area contributed by atoms with E-state index in [2.05, 4.69) is 4.98 Å². The van der Waals surface area contributed by atoms with Crippen molar-refractivity contribution in [3.8, 4) is 0 Å². The first-order valence-corrected chi connectivity index (χ1v) is 6.50. The van der Waals surface area contributed by atoms with Crippen LogP contribution in [-0.4, -0.2) is 18.1 Å². The fourth-order valence-electron chi connectivity index (χ4n) is 2.65. The minimum absolute atomic E-state index is 0.250. The van der Waals surface area contributed by atoms with Crippen LogP contribution in [0.1, 0.15) is 30.6 Å². The summed E-state index contributed by atoms with van der Waals surface area (Å²) in [6.07, 6.45) is 0.660. The third kappa shape index (κ3) is 2.36. The summed E-state index contributed by atoms with van der Waals surface area (Å²) in [5.41, 5.74) is 9.38. The molecule has 0 radical (unpaired) electrons. The first-order valence-electron chi connectivity index (χ1n) is 6.50. The van der Waals surface area contributed by atoms with Gasteiger partial charge in [0.15, 0.2) is 0 Å². The number of carbonyl (C=O) groups is 1. The molecule has 0 amide bonds. The van der Waals surface area contributed by atoms with Crippen molar-refractivity contribution in [3.05, 3.63) is 35.5 Å². The number of methoxy groups -OCH3 is 1. The molecule has 2 rings (SSSR count). The number of carbonyl (C=O) groups excluding carboxylic acids is 1. The van der Waals surface area contributed by atoms with Crippen molar-refractivity contribution in [3.63, 3.8) is 0 Å². The second kappa shape index (κ2) is 5.45. The molecule has 0 aliphatic heterocycles. The van der Waals surface area contributed by atoms with Gasteiger partial charge >= 0.3 is 5.97 Å². The van der Waals surface area contributed by atoms with Crippen molar-refractivity contribution in [1.29, 1.82) is 0 Å². The van der Waals surface area contributed by atoms with E-state index in [1.54, 1.807) is 0 Å². The Balaban J connectivity index is 2.48. The molecule has 2 atom stereocenters. The first-order chi connectivity index (χ1) is 9.10. The third-order valence-corrected chi connectivity index (χ3v) is 3.65. The summed E-state index contributed by atoms with van der Waals surface area (Å²) in [5, 5.41) is 1.08.